The number of carbonyl (C=O) groups excluding carboxylic acids is 1. The number of pyridine rings is 1. The van der Waals surface area contributed by atoms with Gasteiger partial charge in [-0.15, -0.1) is 0 Å². The molecule has 1 amide bonds. The fraction of sp³-hybridized carbons (Fsp3) is 0.417. The summed E-state index contributed by atoms with van der Waals surface area (Å²) in [5.74, 6) is -0.842. The van der Waals surface area contributed by atoms with Gasteiger partial charge in [0.15, 0.2) is 0 Å². The Bertz CT molecular complexity index is 1130. The molecule has 3 atom stereocenters. The highest BCUT2D eigenvalue weighted by Gasteiger charge is 2.31. The van der Waals surface area contributed by atoms with Gasteiger partial charge in [-0.05, 0) is 62.4 Å². The molecule has 0 saturated carbocycles. The second-order valence-electron chi connectivity index (χ2n) is 8.72. The lowest BCUT2D eigenvalue weighted by Crippen LogP contribution is -2.28. The fourth-order valence-corrected chi connectivity index (χ4v) is 5.20. The predicted molar refractivity (Wildman–Crippen MR) is 116 cm³/mol. The Kier molecular flexibility index (Phi) is 5.55. The summed E-state index contributed by atoms with van der Waals surface area (Å²) < 4.78 is 30.1. The molecule has 2 unspecified atom stereocenters. The van der Waals surface area contributed by atoms with Crippen LogP contribution in [0.1, 0.15) is 55.3 Å². The molecule has 2 aliphatic heterocycles. The highest BCUT2D eigenvalue weighted by Crippen LogP contribution is 2.39. The molecule has 2 aliphatic rings. The number of nitrogens with zero attached hydrogens (tertiary/aromatic N) is 4. The molecule has 2 saturated heterocycles. The van der Waals surface area contributed by atoms with Gasteiger partial charge in [0.05, 0.1) is 29.9 Å². The molecule has 5 rings (SSSR count). The summed E-state index contributed by atoms with van der Waals surface area (Å²) in [5, 5.41) is 14.8. The Balaban J connectivity index is 1.53. The van der Waals surface area contributed by atoms with E-state index in [0.717, 1.165) is 55.1 Å². The predicted octanol–water partition coefficient (Wildman–Crippen LogP) is 4.00. The molecule has 1 N–H and O–H groups in total. The minimum atomic E-state index is -0.470. The van der Waals surface area contributed by atoms with Crippen LogP contribution in [0.3, 0.4) is 0 Å². The van der Waals surface area contributed by atoms with Crippen molar-refractivity contribution in [2.45, 2.75) is 50.3 Å². The van der Waals surface area contributed by atoms with Crippen molar-refractivity contribution in [3.05, 3.63) is 65.5 Å². The average Bonchev–Trinajstić information content (AvgIpc) is 3.39. The Labute approximate surface area is 185 Å². The Morgan fingerprint density at radius 1 is 1.03 bits per heavy atom. The van der Waals surface area contributed by atoms with E-state index < -0.39 is 17.7 Å². The summed E-state index contributed by atoms with van der Waals surface area (Å²) in [7, 11) is 0. The van der Waals surface area contributed by atoms with Gasteiger partial charge in [0.25, 0.3) is 0 Å². The number of hydrogen-bond acceptors (Lipinski definition) is 4. The first-order chi connectivity index (χ1) is 15.5. The van der Waals surface area contributed by atoms with Gasteiger partial charge in [0.2, 0.25) is 6.41 Å². The van der Waals surface area contributed by atoms with Crippen LogP contribution in [-0.2, 0) is 4.79 Å². The molecular weight excluding hydrogens is 414 g/mol. The highest BCUT2D eigenvalue weighted by atomic mass is 19.1. The van der Waals surface area contributed by atoms with Gasteiger partial charge < -0.3 is 14.9 Å². The number of benzene rings is 1. The molecule has 0 bridgehead atoms. The summed E-state index contributed by atoms with van der Waals surface area (Å²) in [5.41, 5.74) is 3.00. The zero-order valence-corrected chi connectivity index (χ0v) is 17.7. The molecule has 168 valence electrons. The van der Waals surface area contributed by atoms with Crippen molar-refractivity contribution in [1.29, 1.82) is 0 Å². The third-order valence-corrected chi connectivity index (χ3v) is 6.78. The van der Waals surface area contributed by atoms with E-state index in [9.17, 15) is 18.7 Å². The lowest BCUT2D eigenvalue weighted by atomic mass is 10.0. The van der Waals surface area contributed by atoms with Crippen molar-refractivity contribution in [3.8, 4) is 0 Å². The fourth-order valence-electron chi connectivity index (χ4n) is 5.20. The Hall–Kier alpha value is -3.00. The van der Waals surface area contributed by atoms with Gasteiger partial charge in [-0.25, -0.2) is 13.3 Å². The van der Waals surface area contributed by atoms with Crippen molar-refractivity contribution in [1.82, 2.24) is 14.5 Å². The van der Waals surface area contributed by atoms with Gasteiger partial charge in [0.1, 0.15) is 11.6 Å². The number of aliphatic hydroxyl groups is 1. The molecule has 8 heteroatoms. The Morgan fingerprint density at radius 3 is 2.72 bits per heavy atom. The molecule has 0 spiro atoms. The van der Waals surface area contributed by atoms with E-state index in [1.165, 1.54) is 12.1 Å². The number of aromatic nitrogens is 2. The van der Waals surface area contributed by atoms with Crippen LogP contribution in [0.2, 0.25) is 0 Å². The summed E-state index contributed by atoms with van der Waals surface area (Å²) in [6.45, 7) is 1.33. The SMILES string of the molecule is O=CN1CCCC(O)CC1c1cnn2ccc(N3CCC[C@@H]3c3cc(F)ccc3F)cc12. The molecule has 0 aliphatic carbocycles. The number of amides is 1. The molecule has 3 aromatic rings. The zero-order chi connectivity index (χ0) is 22.2. The monoisotopic (exact) mass is 440 g/mol. The summed E-state index contributed by atoms with van der Waals surface area (Å²) >= 11 is 0. The van der Waals surface area contributed by atoms with Crippen LogP contribution in [0.15, 0.2) is 42.7 Å². The molecule has 32 heavy (non-hydrogen) atoms. The summed E-state index contributed by atoms with van der Waals surface area (Å²) in [6, 6.07) is 7.04. The molecule has 4 heterocycles. The maximum atomic E-state index is 14.5. The number of aliphatic hydroxyl groups excluding tert-OH is 1. The third kappa shape index (κ3) is 3.72. The number of carbonyl (C=O) groups is 1. The van der Waals surface area contributed by atoms with Crippen molar-refractivity contribution in [3.63, 3.8) is 0 Å². The molecule has 1 aromatic carbocycles. The largest absolute Gasteiger partial charge is 0.393 e. The van der Waals surface area contributed by atoms with Crippen LogP contribution in [0.5, 0.6) is 0 Å². The normalized spacial score (nSPS) is 24.2. The molecule has 6 nitrogen and oxygen atoms in total. The zero-order valence-electron chi connectivity index (χ0n) is 17.7. The number of halogens is 2. The second-order valence-corrected chi connectivity index (χ2v) is 8.72. The minimum absolute atomic E-state index is 0.245. The van der Waals surface area contributed by atoms with Gasteiger partial charge >= 0.3 is 0 Å². The van der Waals surface area contributed by atoms with Crippen LogP contribution >= 0.6 is 0 Å². The number of fused-ring (bicyclic) bond motifs is 1. The maximum absolute atomic E-state index is 14.5. The van der Waals surface area contributed by atoms with E-state index in [-0.39, 0.29) is 12.1 Å². The van der Waals surface area contributed by atoms with Crippen molar-refractivity contribution < 1.29 is 18.7 Å². The lowest BCUT2D eigenvalue weighted by molar-refractivity contribution is -0.120. The van der Waals surface area contributed by atoms with Crippen LogP contribution in [-0.4, -0.2) is 45.2 Å². The molecular formula is C24H26F2N4O2. The maximum Gasteiger partial charge on any atom is 0.210 e. The van der Waals surface area contributed by atoms with E-state index in [2.05, 4.69) is 10.00 Å². The molecule has 2 aromatic heterocycles. The van der Waals surface area contributed by atoms with E-state index in [4.69, 9.17) is 0 Å². The van der Waals surface area contributed by atoms with Crippen LogP contribution in [0.25, 0.3) is 5.52 Å². The number of rotatable bonds is 4. The number of anilines is 1. The van der Waals surface area contributed by atoms with Crippen molar-refractivity contribution in [2.24, 2.45) is 0 Å². The number of likely N-dealkylation sites (tertiary alicyclic amines) is 1. The first kappa shape index (κ1) is 20.9. The lowest BCUT2D eigenvalue weighted by Gasteiger charge is -2.28. The standard InChI is InChI=1S/C24H26F2N4O2/c25-16-5-6-21(26)19(11-16)22-4-2-9-29(22)17-7-10-30-24(12-17)20(14-27-30)23-13-18(32)3-1-8-28(23)15-31/h5-7,10-12,14-15,18,22-23,32H,1-4,8-9,13H2/t18?,22-,23?/m1/s1. The van der Waals surface area contributed by atoms with E-state index in [0.29, 0.717) is 24.9 Å². The average molecular weight is 440 g/mol. The van der Waals surface area contributed by atoms with Crippen LogP contribution in [0.4, 0.5) is 14.5 Å². The van der Waals surface area contributed by atoms with Gasteiger partial charge in [-0.3, -0.25) is 4.79 Å². The second kappa shape index (κ2) is 8.50. The molecule has 0 radical (unpaired) electrons. The summed E-state index contributed by atoms with van der Waals surface area (Å²) in [6.07, 6.45) is 7.49. The topological polar surface area (TPSA) is 61.1 Å². The van der Waals surface area contributed by atoms with Crippen molar-refractivity contribution >= 4 is 17.6 Å². The third-order valence-electron chi connectivity index (χ3n) is 6.78. The van der Waals surface area contributed by atoms with Gasteiger partial charge in [0, 0.05) is 36.1 Å². The van der Waals surface area contributed by atoms with E-state index in [1.807, 2.05) is 18.3 Å². The minimum Gasteiger partial charge on any atom is -0.393 e. The van der Waals surface area contributed by atoms with E-state index >= 15 is 0 Å². The quantitative estimate of drug-likeness (QED) is 0.623. The first-order valence-corrected chi connectivity index (χ1v) is 11.1. The van der Waals surface area contributed by atoms with Gasteiger partial charge in [-0.1, -0.05) is 0 Å². The molecule has 2 fully saturated rings. The highest BCUT2D eigenvalue weighted by molar-refractivity contribution is 5.66. The van der Waals surface area contributed by atoms with E-state index in [1.54, 1.807) is 15.6 Å². The van der Waals surface area contributed by atoms with Crippen LogP contribution < -0.4 is 4.90 Å². The van der Waals surface area contributed by atoms with Gasteiger partial charge in [-0.2, -0.15) is 5.10 Å². The number of hydrogen-bond donors (Lipinski definition) is 1. The first-order valence-electron chi connectivity index (χ1n) is 11.1. The van der Waals surface area contributed by atoms with Crippen molar-refractivity contribution in [2.75, 3.05) is 18.0 Å². The van der Waals surface area contributed by atoms with Crippen LogP contribution in [0, 0.1) is 11.6 Å². The Morgan fingerprint density at radius 2 is 1.88 bits per heavy atom. The summed E-state index contributed by atoms with van der Waals surface area (Å²) in [4.78, 5) is 15.6. The smallest absolute Gasteiger partial charge is 0.210 e.